The Morgan fingerprint density at radius 1 is 1.17 bits per heavy atom. The number of hydrogen-bond acceptors (Lipinski definition) is 1. The zero-order valence-electron chi connectivity index (χ0n) is 7.92. The molecule has 12 heavy (non-hydrogen) atoms. The molecule has 2 unspecified atom stereocenters. The van der Waals surface area contributed by atoms with Crippen molar-refractivity contribution in [2.24, 2.45) is 17.8 Å². The first-order chi connectivity index (χ1) is 5.68. The summed E-state index contributed by atoms with van der Waals surface area (Å²) in [7, 11) is 0. The maximum Gasteiger partial charge on any atom is 0.225 e. The van der Waals surface area contributed by atoms with Crippen molar-refractivity contribution in [2.75, 3.05) is 13.1 Å². The summed E-state index contributed by atoms with van der Waals surface area (Å²) in [6.07, 6.45) is 2.27. The molecule has 0 aromatic heterocycles. The van der Waals surface area contributed by atoms with Crippen LogP contribution in [0.4, 0.5) is 0 Å². The van der Waals surface area contributed by atoms with Gasteiger partial charge in [-0.15, -0.1) is 0 Å². The summed E-state index contributed by atoms with van der Waals surface area (Å²) < 4.78 is 0. The van der Waals surface area contributed by atoms with Gasteiger partial charge in [-0.05, 0) is 24.7 Å². The van der Waals surface area contributed by atoms with Crippen LogP contribution in [0.3, 0.4) is 0 Å². The van der Waals surface area contributed by atoms with Crippen molar-refractivity contribution in [3.8, 4) is 0 Å². The molecule has 1 saturated heterocycles. The van der Waals surface area contributed by atoms with Crippen LogP contribution in [0.5, 0.6) is 0 Å². The van der Waals surface area contributed by atoms with Crippen LogP contribution in [0.2, 0.25) is 0 Å². The summed E-state index contributed by atoms with van der Waals surface area (Å²) in [4.78, 5) is 13.7. The molecule has 1 heterocycles. The van der Waals surface area contributed by atoms with Crippen LogP contribution in [0.1, 0.15) is 26.7 Å². The monoisotopic (exact) mass is 167 g/mol. The van der Waals surface area contributed by atoms with Crippen LogP contribution in [0.15, 0.2) is 0 Å². The quantitative estimate of drug-likeness (QED) is 0.579. The van der Waals surface area contributed by atoms with Crippen LogP contribution in [0, 0.1) is 17.8 Å². The number of rotatable bonds is 1. The molecule has 1 saturated carbocycles. The summed E-state index contributed by atoms with van der Waals surface area (Å²) in [5.74, 6) is 2.23. The predicted octanol–water partition coefficient (Wildman–Crippen LogP) is 1.51. The van der Waals surface area contributed by atoms with E-state index in [1.165, 1.54) is 0 Å². The Morgan fingerprint density at radius 2 is 1.67 bits per heavy atom. The van der Waals surface area contributed by atoms with Crippen LogP contribution in [-0.2, 0) is 4.79 Å². The lowest BCUT2D eigenvalue weighted by atomic mass is 10.0. The topological polar surface area (TPSA) is 20.3 Å². The van der Waals surface area contributed by atoms with Crippen LogP contribution < -0.4 is 0 Å². The van der Waals surface area contributed by atoms with Gasteiger partial charge in [0.15, 0.2) is 0 Å². The second-order valence-electron chi connectivity index (χ2n) is 4.47. The molecule has 1 aliphatic carbocycles. The Kier molecular flexibility index (Phi) is 1.85. The summed E-state index contributed by atoms with van der Waals surface area (Å²) in [6, 6.07) is 0. The van der Waals surface area contributed by atoms with Gasteiger partial charge in [-0.25, -0.2) is 0 Å². The minimum absolute atomic E-state index is 0.405. The molecule has 2 nitrogen and oxygen atoms in total. The predicted molar refractivity (Wildman–Crippen MR) is 47.6 cm³/mol. The van der Waals surface area contributed by atoms with Crippen molar-refractivity contribution in [3.63, 3.8) is 0 Å². The molecule has 0 radical (unpaired) electrons. The largest absolute Gasteiger partial charge is 0.342 e. The molecule has 2 fully saturated rings. The third-order valence-corrected chi connectivity index (χ3v) is 3.23. The van der Waals surface area contributed by atoms with Gasteiger partial charge in [0.1, 0.15) is 0 Å². The van der Waals surface area contributed by atoms with Crippen molar-refractivity contribution < 1.29 is 4.79 Å². The fraction of sp³-hybridized carbons (Fsp3) is 0.900. The van der Waals surface area contributed by atoms with Gasteiger partial charge < -0.3 is 4.90 Å². The average molecular weight is 167 g/mol. The first-order valence-electron chi connectivity index (χ1n) is 4.97. The van der Waals surface area contributed by atoms with Crippen LogP contribution >= 0.6 is 0 Å². The molecule has 2 rings (SSSR count). The van der Waals surface area contributed by atoms with E-state index >= 15 is 0 Å². The number of likely N-dealkylation sites (tertiary alicyclic amines) is 1. The second-order valence-corrected chi connectivity index (χ2v) is 4.47. The van der Waals surface area contributed by atoms with E-state index in [0.717, 1.165) is 25.9 Å². The highest BCUT2D eigenvalue weighted by Gasteiger charge is 2.37. The molecule has 68 valence electrons. The molecule has 1 amide bonds. The number of carbonyl (C=O) groups is 1. The van der Waals surface area contributed by atoms with Gasteiger partial charge in [-0.1, -0.05) is 13.8 Å². The first-order valence-corrected chi connectivity index (χ1v) is 4.97. The number of amides is 1. The third kappa shape index (κ3) is 1.35. The zero-order valence-corrected chi connectivity index (χ0v) is 7.92. The Bertz CT molecular complexity index is 188. The zero-order chi connectivity index (χ0) is 8.72. The van der Waals surface area contributed by atoms with Gasteiger partial charge in [-0.2, -0.15) is 0 Å². The van der Waals surface area contributed by atoms with Crippen LogP contribution in [-0.4, -0.2) is 23.9 Å². The molecule has 2 atom stereocenters. The smallest absolute Gasteiger partial charge is 0.225 e. The standard InChI is InChI=1S/C10H17NO/c1-7-5-11(6-8(7)2)10(12)9-3-4-9/h7-9H,3-6H2,1-2H3. The van der Waals surface area contributed by atoms with E-state index in [1.807, 2.05) is 0 Å². The Labute approximate surface area is 73.9 Å². The van der Waals surface area contributed by atoms with Crippen molar-refractivity contribution in [1.29, 1.82) is 0 Å². The Hall–Kier alpha value is -0.530. The van der Waals surface area contributed by atoms with E-state index in [4.69, 9.17) is 0 Å². The van der Waals surface area contributed by atoms with E-state index in [-0.39, 0.29) is 0 Å². The highest BCUT2D eigenvalue weighted by Crippen LogP contribution is 2.33. The molecule has 2 aliphatic rings. The van der Waals surface area contributed by atoms with Crippen molar-refractivity contribution in [2.45, 2.75) is 26.7 Å². The molecule has 1 aliphatic heterocycles. The SMILES string of the molecule is CC1CN(C(=O)C2CC2)CC1C. The molecular weight excluding hydrogens is 150 g/mol. The van der Waals surface area contributed by atoms with Gasteiger partial charge in [-0.3, -0.25) is 4.79 Å². The van der Waals surface area contributed by atoms with Gasteiger partial charge in [0, 0.05) is 19.0 Å². The van der Waals surface area contributed by atoms with E-state index in [0.29, 0.717) is 23.7 Å². The van der Waals surface area contributed by atoms with E-state index in [2.05, 4.69) is 18.7 Å². The molecule has 0 aromatic rings. The third-order valence-electron chi connectivity index (χ3n) is 3.23. The molecule has 0 N–H and O–H groups in total. The fourth-order valence-corrected chi connectivity index (χ4v) is 1.90. The number of nitrogens with zero attached hydrogens (tertiary/aromatic N) is 1. The van der Waals surface area contributed by atoms with Crippen molar-refractivity contribution in [1.82, 2.24) is 4.90 Å². The molecule has 0 aromatic carbocycles. The minimum atomic E-state index is 0.405. The van der Waals surface area contributed by atoms with Gasteiger partial charge in [0.05, 0.1) is 0 Å². The summed E-state index contributed by atoms with van der Waals surface area (Å²) >= 11 is 0. The van der Waals surface area contributed by atoms with Crippen molar-refractivity contribution >= 4 is 5.91 Å². The van der Waals surface area contributed by atoms with Gasteiger partial charge in [0.25, 0.3) is 0 Å². The molecular formula is C10H17NO. The van der Waals surface area contributed by atoms with E-state index in [1.54, 1.807) is 0 Å². The van der Waals surface area contributed by atoms with Gasteiger partial charge >= 0.3 is 0 Å². The molecule has 2 heteroatoms. The number of hydrogen-bond donors (Lipinski definition) is 0. The normalized spacial score (nSPS) is 35.7. The minimum Gasteiger partial charge on any atom is -0.342 e. The summed E-state index contributed by atoms with van der Waals surface area (Å²) in [5.41, 5.74) is 0. The Balaban J connectivity index is 1.93. The summed E-state index contributed by atoms with van der Waals surface area (Å²) in [6.45, 7) is 6.47. The highest BCUT2D eigenvalue weighted by molar-refractivity contribution is 5.81. The lowest BCUT2D eigenvalue weighted by Crippen LogP contribution is -2.30. The second kappa shape index (κ2) is 2.75. The van der Waals surface area contributed by atoms with Gasteiger partial charge in [0.2, 0.25) is 5.91 Å². The molecule has 0 spiro atoms. The number of carbonyl (C=O) groups excluding carboxylic acids is 1. The van der Waals surface area contributed by atoms with Crippen LogP contribution in [0.25, 0.3) is 0 Å². The Morgan fingerprint density at radius 3 is 2.08 bits per heavy atom. The highest BCUT2D eigenvalue weighted by atomic mass is 16.2. The average Bonchev–Trinajstić information content (AvgIpc) is 2.80. The van der Waals surface area contributed by atoms with E-state index in [9.17, 15) is 4.79 Å². The fourth-order valence-electron chi connectivity index (χ4n) is 1.90. The van der Waals surface area contributed by atoms with E-state index < -0.39 is 0 Å². The maximum absolute atomic E-state index is 11.6. The lowest BCUT2D eigenvalue weighted by molar-refractivity contribution is -0.131. The van der Waals surface area contributed by atoms with Crippen molar-refractivity contribution in [3.05, 3.63) is 0 Å². The summed E-state index contributed by atoms with van der Waals surface area (Å²) in [5, 5.41) is 0. The first kappa shape index (κ1) is 8.09. The molecule has 0 bridgehead atoms. The maximum atomic E-state index is 11.6. The lowest BCUT2D eigenvalue weighted by Gasteiger charge is -2.14.